The lowest BCUT2D eigenvalue weighted by Crippen LogP contribution is -2.50. The van der Waals surface area contributed by atoms with Crippen molar-refractivity contribution < 1.29 is 9.53 Å². The van der Waals surface area contributed by atoms with Crippen LogP contribution in [0.25, 0.3) is 0 Å². The van der Waals surface area contributed by atoms with Gasteiger partial charge in [0.25, 0.3) is 0 Å². The Hall–Kier alpha value is -0.770. The predicted octanol–water partition coefficient (Wildman–Crippen LogP) is 0.435. The van der Waals surface area contributed by atoms with Crippen molar-refractivity contribution in [2.24, 2.45) is 0 Å². The van der Waals surface area contributed by atoms with Crippen LogP contribution in [-0.4, -0.2) is 44.3 Å². The molecule has 0 atom stereocenters. The first kappa shape index (κ1) is 9.32. The Morgan fingerprint density at radius 3 is 2.50 bits per heavy atom. The smallest absolute Gasteiger partial charge is 0.317 e. The fourth-order valence-corrected chi connectivity index (χ4v) is 1.18. The number of hydrogen-bond donors (Lipinski definition) is 1. The van der Waals surface area contributed by atoms with E-state index in [1.807, 2.05) is 0 Å². The van der Waals surface area contributed by atoms with Crippen LogP contribution in [0, 0.1) is 0 Å². The van der Waals surface area contributed by atoms with Gasteiger partial charge in [-0.3, -0.25) is 0 Å². The van der Waals surface area contributed by atoms with Crippen molar-refractivity contribution in [3.8, 4) is 0 Å². The molecule has 2 amide bonds. The Kier molecular flexibility index (Phi) is 2.92. The zero-order chi connectivity index (χ0) is 9.14. The zero-order valence-electron chi connectivity index (χ0n) is 7.83. The van der Waals surface area contributed by atoms with Crippen LogP contribution in [0.15, 0.2) is 0 Å². The summed E-state index contributed by atoms with van der Waals surface area (Å²) in [6.07, 6.45) is 2.23. The average Bonchev–Trinajstić information content (AvgIpc) is 1.94. The van der Waals surface area contributed by atoms with Gasteiger partial charge >= 0.3 is 6.03 Å². The first-order valence-corrected chi connectivity index (χ1v) is 4.14. The normalized spacial score (nSPS) is 27.6. The summed E-state index contributed by atoms with van der Waals surface area (Å²) < 4.78 is 5.09. The molecule has 0 heterocycles. The molecule has 0 aromatic heterocycles. The number of nitrogens with one attached hydrogen (secondary N) is 1. The third kappa shape index (κ3) is 2.11. The molecule has 1 aliphatic rings. The number of carbonyl (C=O) groups excluding carboxylic acids is 1. The van der Waals surface area contributed by atoms with E-state index in [-0.39, 0.29) is 6.03 Å². The number of nitrogens with zero attached hydrogens (tertiary/aromatic N) is 1. The zero-order valence-corrected chi connectivity index (χ0v) is 7.83. The van der Waals surface area contributed by atoms with Crippen LogP contribution in [0.5, 0.6) is 0 Å². The summed E-state index contributed by atoms with van der Waals surface area (Å²) in [5, 5.41) is 2.89. The van der Waals surface area contributed by atoms with Gasteiger partial charge in [-0.1, -0.05) is 0 Å². The molecule has 0 radical (unpaired) electrons. The Morgan fingerprint density at radius 2 is 2.08 bits per heavy atom. The molecule has 4 heteroatoms. The van der Waals surface area contributed by atoms with E-state index >= 15 is 0 Å². The summed E-state index contributed by atoms with van der Waals surface area (Å²) >= 11 is 0. The largest absolute Gasteiger partial charge is 0.381 e. The second-order valence-electron chi connectivity index (χ2n) is 3.37. The number of amides is 2. The standard InChI is InChI=1S/C8H16N2O2/c1-10(2)8(11)9-6-4-7(5-6)12-3/h6-7H,4-5H2,1-3H3,(H,9,11). The lowest BCUT2D eigenvalue weighted by atomic mass is 9.89. The molecule has 1 aliphatic carbocycles. The van der Waals surface area contributed by atoms with Gasteiger partial charge in [0.1, 0.15) is 0 Å². The molecule has 4 nitrogen and oxygen atoms in total. The van der Waals surface area contributed by atoms with Gasteiger partial charge in [-0.2, -0.15) is 0 Å². The van der Waals surface area contributed by atoms with Crippen LogP contribution in [-0.2, 0) is 4.74 Å². The summed E-state index contributed by atoms with van der Waals surface area (Å²) in [7, 11) is 5.18. The summed E-state index contributed by atoms with van der Waals surface area (Å²) in [4.78, 5) is 12.7. The van der Waals surface area contributed by atoms with E-state index in [2.05, 4.69) is 5.32 Å². The van der Waals surface area contributed by atoms with Gasteiger partial charge < -0.3 is 15.0 Å². The number of carbonyl (C=O) groups is 1. The molecule has 1 N–H and O–H groups in total. The highest BCUT2D eigenvalue weighted by atomic mass is 16.5. The summed E-state index contributed by atoms with van der Waals surface area (Å²) in [6.45, 7) is 0. The Balaban J connectivity index is 2.14. The Bertz CT molecular complexity index is 164. The highest BCUT2D eigenvalue weighted by Crippen LogP contribution is 2.22. The lowest BCUT2D eigenvalue weighted by Gasteiger charge is -2.35. The van der Waals surface area contributed by atoms with Crippen LogP contribution in [0.1, 0.15) is 12.8 Å². The highest BCUT2D eigenvalue weighted by molar-refractivity contribution is 5.73. The van der Waals surface area contributed by atoms with Crippen molar-refractivity contribution in [3.63, 3.8) is 0 Å². The number of methoxy groups -OCH3 is 1. The minimum Gasteiger partial charge on any atom is -0.381 e. The molecule has 0 unspecified atom stereocenters. The summed E-state index contributed by atoms with van der Waals surface area (Å²) in [5.41, 5.74) is 0. The van der Waals surface area contributed by atoms with Gasteiger partial charge in [0, 0.05) is 27.2 Å². The van der Waals surface area contributed by atoms with E-state index in [1.54, 1.807) is 26.1 Å². The van der Waals surface area contributed by atoms with E-state index in [0.717, 1.165) is 12.8 Å². The predicted molar refractivity (Wildman–Crippen MR) is 46.0 cm³/mol. The first-order chi connectivity index (χ1) is 5.63. The minimum atomic E-state index is -0.0189. The number of ether oxygens (including phenoxy) is 1. The van der Waals surface area contributed by atoms with E-state index in [1.165, 1.54) is 0 Å². The van der Waals surface area contributed by atoms with Crippen molar-refractivity contribution >= 4 is 6.03 Å². The van der Waals surface area contributed by atoms with Crippen molar-refractivity contribution in [1.82, 2.24) is 10.2 Å². The molecule has 0 aromatic rings. The maximum Gasteiger partial charge on any atom is 0.317 e. The molecule has 0 spiro atoms. The Labute approximate surface area is 72.9 Å². The molecule has 0 aliphatic heterocycles. The van der Waals surface area contributed by atoms with Gasteiger partial charge in [-0.05, 0) is 12.8 Å². The van der Waals surface area contributed by atoms with Crippen molar-refractivity contribution in [1.29, 1.82) is 0 Å². The van der Waals surface area contributed by atoms with Crippen LogP contribution in [0.4, 0.5) is 4.79 Å². The quantitative estimate of drug-likeness (QED) is 0.656. The summed E-state index contributed by atoms with van der Waals surface area (Å²) in [5.74, 6) is 0. The third-order valence-electron chi connectivity index (χ3n) is 2.16. The number of urea groups is 1. The summed E-state index contributed by atoms with van der Waals surface area (Å²) in [6, 6.07) is 0.291. The van der Waals surface area contributed by atoms with Gasteiger partial charge in [0.15, 0.2) is 0 Å². The third-order valence-corrected chi connectivity index (χ3v) is 2.16. The monoisotopic (exact) mass is 172 g/mol. The minimum absolute atomic E-state index is 0.0189. The van der Waals surface area contributed by atoms with Crippen LogP contribution in [0.2, 0.25) is 0 Å². The lowest BCUT2D eigenvalue weighted by molar-refractivity contribution is 0.0196. The number of hydrogen-bond acceptors (Lipinski definition) is 2. The van der Waals surface area contributed by atoms with E-state index in [0.29, 0.717) is 12.1 Å². The molecule has 0 bridgehead atoms. The van der Waals surface area contributed by atoms with Gasteiger partial charge in [-0.15, -0.1) is 0 Å². The van der Waals surface area contributed by atoms with Crippen molar-refractivity contribution in [2.75, 3.05) is 21.2 Å². The topological polar surface area (TPSA) is 41.6 Å². The van der Waals surface area contributed by atoms with E-state index < -0.39 is 0 Å². The second kappa shape index (κ2) is 3.76. The van der Waals surface area contributed by atoms with Gasteiger partial charge in [0.2, 0.25) is 0 Å². The SMILES string of the molecule is COC1CC(NC(=O)N(C)C)C1. The van der Waals surface area contributed by atoms with Gasteiger partial charge in [0.05, 0.1) is 6.10 Å². The number of rotatable bonds is 2. The highest BCUT2D eigenvalue weighted by Gasteiger charge is 2.30. The van der Waals surface area contributed by atoms with Crippen LogP contribution >= 0.6 is 0 Å². The molecule has 0 aromatic carbocycles. The molecule has 12 heavy (non-hydrogen) atoms. The molecular weight excluding hydrogens is 156 g/mol. The molecular formula is C8H16N2O2. The molecule has 70 valence electrons. The molecule has 0 saturated heterocycles. The van der Waals surface area contributed by atoms with Crippen molar-refractivity contribution in [3.05, 3.63) is 0 Å². The van der Waals surface area contributed by atoms with E-state index in [9.17, 15) is 4.79 Å². The van der Waals surface area contributed by atoms with E-state index in [4.69, 9.17) is 4.74 Å². The molecule has 1 fully saturated rings. The maximum absolute atomic E-state index is 11.1. The van der Waals surface area contributed by atoms with Crippen LogP contribution < -0.4 is 5.32 Å². The van der Waals surface area contributed by atoms with Crippen LogP contribution in [0.3, 0.4) is 0 Å². The fourth-order valence-electron chi connectivity index (χ4n) is 1.18. The van der Waals surface area contributed by atoms with Gasteiger partial charge in [-0.25, -0.2) is 4.79 Å². The Morgan fingerprint density at radius 1 is 1.50 bits per heavy atom. The fraction of sp³-hybridized carbons (Fsp3) is 0.875. The molecule has 1 saturated carbocycles. The second-order valence-corrected chi connectivity index (χ2v) is 3.37. The first-order valence-electron chi connectivity index (χ1n) is 4.14. The molecule has 1 rings (SSSR count). The average molecular weight is 172 g/mol. The van der Waals surface area contributed by atoms with Crippen molar-refractivity contribution in [2.45, 2.75) is 25.0 Å². The maximum atomic E-state index is 11.1.